The van der Waals surface area contributed by atoms with Crippen molar-refractivity contribution in [2.24, 2.45) is 0 Å². The zero-order valence-electron chi connectivity index (χ0n) is 16.3. The predicted molar refractivity (Wildman–Crippen MR) is 107 cm³/mol. The number of halogens is 1. The number of ether oxygens (including phenoxy) is 1. The van der Waals surface area contributed by atoms with Gasteiger partial charge in [-0.05, 0) is 42.7 Å². The first-order chi connectivity index (χ1) is 13.8. The minimum atomic E-state index is -1.05. The molecule has 0 unspecified atom stereocenters. The van der Waals surface area contributed by atoms with Crippen LogP contribution in [0.3, 0.4) is 0 Å². The summed E-state index contributed by atoms with van der Waals surface area (Å²) in [4.78, 5) is 36.0. The van der Waals surface area contributed by atoms with Crippen molar-refractivity contribution in [1.29, 1.82) is 0 Å². The Labute approximate surface area is 168 Å². The van der Waals surface area contributed by atoms with E-state index in [0.29, 0.717) is 18.5 Å². The van der Waals surface area contributed by atoms with Crippen molar-refractivity contribution in [3.8, 4) is 0 Å². The molecule has 0 spiro atoms. The molecule has 2 N–H and O–H groups in total. The number of benzene rings is 2. The zero-order chi connectivity index (χ0) is 21.2. The summed E-state index contributed by atoms with van der Waals surface area (Å²) < 4.78 is 18.1. The molecule has 6 nitrogen and oxygen atoms in total. The van der Waals surface area contributed by atoms with Crippen LogP contribution in [0.2, 0.25) is 0 Å². The monoisotopic (exact) mass is 398 g/mol. The number of carbonyl (C=O) groups is 3. The Balaban J connectivity index is 1.91. The van der Waals surface area contributed by atoms with E-state index >= 15 is 0 Å². The Morgan fingerprint density at radius 3 is 2.34 bits per heavy atom. The molecule has 2 aromatic carbocycles. The van der Waals surface area contributed by atoms with E-state index < -0.39 is 23.9 Å². The Morgan fingerprint density at radius 2 is 1.72 bits per heavy atom. The summed E-state index contributed by atoms with van der Waals surface area (Å²) in [7, 11) is 0. The van der Waals surface area contributed by atoms with Gasteiger partial charge in [-0.25, -0.2) is 9.18 Å². The summed E-state index contributed by atoms with van der Waals surface area (Å²) in [5.41, 5.74) is 1.51. The largest absolute Gasteiger partial charge is 0.448 e. The lowest BCUT2D eigenvalue weighted by Crippen LogP contribution is -2.38. The highest BCUT2D eigenvalue weighted by atomic mass is 19.1. The molecule has 7 heteroatoms. The second kappa shape index (κ2) is 10.8. The third-order valence-electron chi connectivity index (χ3n) is 3.92. The molecule has 152 valence electrons. The van der Waals surface area contributed by atoms with Gasteiger partial charge in [0.15, 0.2) is 6.10 Å². The maximum absolute atomic E-state index is 12.9. The summed E-state index contributed by atoms with van der Waals surface area (Å²) in [6.07, 6.45) is 0.935. The topological polar surface area (TPSA) is 84.5 Å². The first kappa shape index (κ1) is 21.8. The van der Waals surface area contributed by atoms with Gasteiger partial charge in [-0.1, -0.05) is 42.5 Å². The zero-order valence-corrected chi connectivity index (χ0v) is 16.3. The van der Waals surface area contributed by atoms with E-state index in [1.807, 2.05) is 6.07 Å². The van der Waals surface area contributed by atoms with Crippen LogP contribution in [0.5, 0.6) is 0 Å². The summed E-state index contributed by atoms with van der Waals surface area (Å²) in [5.74, 6) is -2.04. The highest BCUT2D eigenvalue weighted by Crippen LogP contribution is 2.08. The molecule has 0 radical (unpaired) electrons. The average Bonchev–Trinajstić information content (AvgIpc) is 2.69. The normalized spacial score (nSPS) is 12.0. The molecule has 0 fully saturated rings. The van der Waals surface area contributed by atoms with E-state index in [1.54, 1.807) is 36.4 Å². The van der Waals surface area contributed by atoms with Crippen molar-refractivity contribution in [2.75, 3.05) is 6.54 Å². The molecule has 0 aliphatic rings. The molecular formula is C22H23FN2O4. The molecule has 0 aliphatic carbocycles. The number of esters is 1. The van der Waals surface area contributed by atoms with Crippen molar-refractivity contribution in [1.82, 2.24) is 10.6 Å². The van der Waals surface area contributed by atoms with Crippen LogP contribution in [0, 0.1) is 5.82 Å². The molecule has 1 atom stereocenters. The van der Waals surface area contributed by atoms with Gasteiger partial charge in [0.05, 0.1) is 0 Å². The SMILES string of the molecule is CC(=O)N/C(=C\c1ccccc1)C(=O)O[C@@H](C)C(=O)NCCc1ccc(F)cc1. The first-order valence-electron chi connectivity index (χ1n) is 9.12. The molecule has 0 saturated heterocycles. The number of hydrogen-bond donors (Lipinski definition) is 2. The molecule has 0 heterocycles. The first-order valence-corrected chi connectivity index (χ1v) is 9.12. The minimum Gasteiger partial charge on any atom is -0.448 e. The van der Waals surface area contributed by atoms with Crippen molar-refractivity contribution < 1.29 is 23.5 Å². The molecule has 0 bridgehead atoms. The fraction of sp³-hybridized carbons (Fsp3) is 0.227. The van der Waals surface area contributed by atoms with Gasteiger partial charge in [0.1, 0.15) is 11.5 Å². The Kier molecular flexibility index (Phi) is 8.09. The maximum atomic E-state index is 12.9. The molecule has 29 heavy (non-hydrogen) atoms. The quantitative estimate of drug-likeness (QED) is 0.529. The van der Waals surface area contributed by atoms with E-state index in [9.17, 15) is 18.8 Å². The van der Waals surface area contributed by atoms with E-state index in [2.05, 4.69) is 10.6 Å². The van der Waals surface area contributed by atoms with E-state index in [0.717, 1.165) is 5.56 Å². The highest BCUT2D eigenvalue weighted by molar-refractivity contribution is 5.98. The van der Waals surface area contributed by atoms with E-state index in [4.69, 9.17) is 4.74 Å². The van der Waals surface area contributed by atoms with Crippen molar-refractivity contribution in [3.63, 3.8) is 0 Å². The van der Waals surface area contributed by atoms with Crippen LogP contribution < -0.4 is 10.6 Å². The smallest absolute Gasteiger partial charge is 0.355 e. The second-order valence-corrected chi connectivity index (χ2v) is 6.36. The molecule has 0 aromatic heterocycles. The van der Waals surface area contributed by atoms with E-state index in [1.165, 1.54) is 32.1 Å². The average molecular weight is 398 g/mol. The summed E-state index contributed by atoms with van der Waals surface area (Å²) in [6.45, 7) is 3.03. The minimum absolute atomic E-state index is 0.0605. The van der Waals surface area contributed by atoms with Crippen LogP contribution in [0.25, 0.3) is 6.08 Å². The molecule has 0 aliphatic heterocycles. The summed E-state index contributed by atoms with van der Waals surface area (Å²) >= 11 is 0. The van der Waals surface area contributed by atoms with Gasteiger partial charge in [-0.3, -0.25) is 9.59 Å². The lowest BCUT2D eigenvalue weighted by atomic mass is 10.1. The van der Waals surface area contributed by atoms with Gasteiger partial charge in [-0.15, -0.1) is 0 Å². The van der Waals surface area contributed by atoms with Crippen LogP contribution in [0.1, 0.15) is 25.0 Å². The third kappa shape index (κ3) is 7.57. The third-order valence-corrected chi connectivity index (χ3v) is 3.92. The fourth-order valence-electron chi connectivity index (χ4n) is 2.45. The number of carbonyl (C=O) groups excluding carboxylic acids is 3. The lowest BCUT2D eigenvalue weighted by Gasteiger charge is -2.15. The Bertz CT molecular complexity index is 879. The summed E-state index contributed by atoms with van der Waals surface area (Å²) in [5, 5.41) is 5.09. The Morgan fingerprint density at radius 1 is 1.07 bits per heavy atom. The van der Waals surface area contributed by atoms with Crippen LogP contribution in [-0.2, 0) is 25.5 Å². The number of rotatable bonds is 8. The van der Waals surface area contributed by atoms with Crippen LogP contribution >= 0.6 is 0 Å². The fourth-order valence-corrected chi connectivity index (χ4v) is 2.45. The lowest BCUT2D eigenvalue weighted by molar-refractivity contribution is -0.151. The maximum Gasteiger partial charge on any atom is 0.355 e. The summed E-state index contributed by atoms with van der Waals surface area (Å²) in [6, 6.07) is 14.9. The van der Waals surface area contributed by atoms with Crippen LogP contribution in [0.15, 0.2) is 60.3 Å². The predicted octanol–water partition coefficient (Wildman–Crippen LogP) is 2.59. The second-order valence-electron chi connectivity index (χ2n) is 6.36. The molecule has 2 rings (SSSR count). The molecule has 2 aromatic rings. The van der Waals surface area contributed by atoms with Gasteiger partial charge in [0.2, 0.25) is 5.91 Å². The van der Waals surface area contributed by atoms with Crippen molar-refractivity contribution in [2.45, 2.75) is 26.4 Å². The van der Waals surface area contributed by atoms with Gasteiger partial charge in [0, 0.05) is 13.5 Å². The number of hydrogen-bond acceptors (Lipinski definition) is 4. The molecule has 0 saturated carbocycles. The van der Waals surface area contributed by atoms with Gasteiger partial charge in [-0.2, -0.15) is 0 Å². The van der Waals surface area contributed by atoms with Crippen molar-refractivity contribution >= 4 is 23.9 Å². The van der Waals surface area contributed by atoms with Crippen molar-refractivity contribution in [3.05, 3.63) is 77.2 Å². The standard InChI is InChI=1S/C22H23FN2O4/c1-15(21(27)24-13-12-17-8-10-19(23)11-9-17)29-22(28)20(25-16(2)26)14-18-6-4-3-5-7-18/h3-11,14-15H,12-13H2,1-2H3,(H,24,27)(H,25,26)/b20-14-/t15-/m0/s1. The number of nitrogens with one attached hydrogen (secondary N) is 2. The van der Waals surface area contributed by atoms with Crippen LogP contribution in [0.4, 0.5) is 4.39 Å². The molecular weight excluding hydrogens is 375 g/mol. The Hall–Kier alpha value is -3.48. The van der Waals surface area contributed by atoms with Gasteiger partial charge >= 0.3 is 5.97 Å². The van der Waals surface area contributed by atoms with Gasteiger partial charge < -0.3 is 15.4 Å². The van der Waals surface area contributed by atoms with Gasteiger partial charge in [0.25, 0.3) is 5.91 Å². The number of amides is 2. The van der Waals surface area contributed by atoms with Crippen LogP contribution in [-0.4, -0.2) is 30.4 Å². The van der Waals surface area contributed by atoms with E-state index in [-0.39, 0.29) is 11.5 Å². The highest BCUT2D eigenvalue weighted by Gasteiger charge is 2.21. The molecule has 2 amide bonds.